The van der Waals surface area contributed by atoms with Crippen molar-refractivity contribution in [2.45, 2.75) is 39.5 Å². The third-order valence-corrected chi connectivity index (χ3v) is 3.86. The zero-order chi connectivity index (χ0) is 11.3. The van der Waals surface area contributed by atoms with Crippen molar-refractivity contribution in [3.63, 3.8) is 0 Å². The van der Waals surface area contributed by atoms with Crippen LogP contribution in [0.4, 0.5) is 0 Å². The third kappa shape index (κ3) is 4.52. The van der Waals surface area contributed by atoms with E-state index < -0.39 is 0 Å². The SMILES string of the molecule is CN(C)CCNCC1CCCCC1(C)C. The molecule has 0 aromatic rings. The molecule has 0 heterocycles. The largest absolute Gasteiger partial charge is 0.315 e. The van der Waals surface area contributed by atoms with E-state index in [9.17, 15) is 0 Å². The van der Waals surface area contributed by atoms with Gasteiger partial charge in [0, 0.05) is 13.1 Å². The Morgan fingerprint density at radius 2 is 2.00 bits per heavy atom. The first kappa shape index (κ1) is 13.0. The van der Waals surface area contributed by atoms with Gasteiger partial charge in [-0.05, 0) is 44.8 Å². The highest BCUT2D eigenvalue weighted by molar-refractivity contribution is 4.83. The van der Waals surface area contributed by atoms with Gasteiger partial charge in [-0.25, -0.2) is 0 Å². The summed E-state index contributed by atoms with van der Waals surface area (Å²) in [6.45, 7) is 8.35. The Kier molecular flexibility index (Phi) is 5.07. The summed E-state index contributed by atoms with van der Waals surface area (Å²) in [5.74, 6) is 0.883. The molecule has 0 bridgehead atoms. The van der Waals surface area contributed by atoms with Crippen LogP contribution < -0.4 is 5.32 Å². The highest BCUT2D eigenvalue weighted by Crippen LogP contribution is 2.39. The van der Waals surface area contributed by atoms with Crippen molar-refractivity contribution in [3.05, 3.63) is 0 Å². The van der Waals surface area contributed by atoms with Gasteiger partial charge in [0.2, 0.25) is 0 Å². The minimum Gasteiger partial charge on any atom is -0.315 e. The summed E-state index contributed by atoms with van der Waals surface area (Å²) < 4.78 is 0. The van der Waals surface area contributed by atoms with Crippen LogP contribution in [-0.4, -0.2) is 38.6 Å². The van der Waals surface area contributed by atoms with E-state index in [0.717, 1.165) is 19.0 Å². The van der Waals surface area contributed by atoms with E-state index in [1.807, 2.05) is 0 Å². The first-order valence-corrected chi connectivity index (χ1v) is 6.38. The molecule has 0 amide bonds. The molecule has 0 aromatic carbocycles. The first-order chi connectivity index (χ1) is 7.02. The lowest BCUT2D eigenvalue weighted by Gasteiger charge is -2.39. The number of rotatable bonds is 5. The second-order valence-electron chi connectivity index (χ2n) is 5.94. The Bertz CT molecular complexity index is 175. The minimum atomic E-state index is 0.559. The van der Waals surface area contributed by atoms with E-state index >= 15 is 0 Å². The Morgan fingerprint density at radius 1 is 1.27 bits per heavy atom. The summed E-state index contributed by atoms with van der Waals surface area (Å²) in [6.07, 6.45) is 5.69. The van der Waals surface area contributed by atoms with Crippen LogP contribution in [-0.2, 0) is 0 Å². The molecule has 1 aliphatic carbocycles. The van der Waals surface area contributed by atoms with E-state index in [0.29, 0.717) is 5.41 Å². The summed E-state index contributed by atoms with van der Waals surface area (Å²) in [5, 5.41) is 3.60. The number of likely N-dealkylation sites (N-methyl/N-ethyl adjacent to an activating group) is 1. The highest BCUT2D eigenvalue weighted by atomic mass is 15.1. The van der Waals surface area contributed by atoms with Crippen LogP contribution in [0.2, 0.25) is 0 Å². The molecule has 1 unspecified atom stereocenters. The molecule has 0 aliphatic heterocycles. The zero-order valence-corrected chi connectivity index (χ0v) is 11.0. The average molecular weight is 212 g/mol. The van der Waals surface area contributed by atoms with Gasteiger partial charge in [0.25, 0.3) is 0 Å². The Balaban J connectivity index is 2.19. The molecule has 0 aromatic heterocycles. The number of hydrogen-bond acceptors (Lipinski definition) is 2. The van der Waals surface area contributed by atoms with Crippen molar-refractivity contribution < 1.29 is 0 Å². The molecule has 90 valence electrons. The van der Waals surface area contributed by atoms with Gasteiger partial charge < -0.3 is 10.2 Å². The summed E-state index contributed by atoms with van der Waals surface area (Å²) in [7, 11) is 4.26. The van der Waals surface area contributed by atoms with Gasteiger partial charge in [0.1, 0.15) is 0 Å². The lowest BCUT2D eigenvalue weighted by atomic mass is 9.69. The predicted octanol–water partition coefficient (Wildman–Crippen LogP) is 2.35. The molecule has 0 radical (unpaired) electrons. The fourth-order valence-corrected chi connectivity index (χ4v) is 2.52. The fraction of sp³-hybridized carbons (Fsp3) is 1.00. The van der Waals surface area contributed by atoms with Crippen molar-refractivity contribution in [2.75, 3.05) is 33.7 Å². The van der Waals surface area contributed by atoms with Crippen LogP contribution >= 0.6 is 0 Å². The van der Waals surface area contributed by atoms with Crippen molar-refractivity contribution >= 4 is 0 Å². The summed E-state index contributed by atoms with van der Waals surface area (Å²) in [4.78, 5) is 2.24. The summed E-state index contributed by atoms with van der Waals surface area (Å²) in [5.41, 5.74) is 0.559. The number of nitrogens with one attached hydrogen (secondary N) is 1. The topological polar surface area (TPSA) is 15.3 Å². The molecular weight excluding hydrogens is 184 g/mol. The Hall–Kier alpha value is -0.0800. The Morgan fingerprint density at radius 3 is 2.60 bits per heavy atom. The second-order valence-corrected chi connectivity index (χ2v) is 5.94. The van der Waals surface area contributed by atoms with Crippen molar-refractivity contribution in [1.29, 1.82) is 0 Å². The molecule has 0 saturated heterocycles. The maximum absolute atomic E-state index is 3.60. The maximum atomic E-state index is 3.60. The average Bonchev–Trinajstić information content (AvgIpc) is 2.13. The van der Waals surface area contributed by atoms with E-state index in [1.54, 1.807) is 0 Å². The van der Waals surface area contributed by atoms with E-state index in [2.05, 4.69) is 38.2 Å². The lowest BCUT2D eigenvalue weighted by Crippen LogP contribution is -2.38. The first-order valence-electron chi connectivity index (χ1n) is 6.38. The van der Waals surface area contributed by atoms with E-state index in [-0.39, 0.29) is 0 Å². The molecule has 15 heavy (non-hydrogen) atoms. The molecular formula is C13H28N2. The van der Waals surface area contributed by atoms with Gasteiger partial charge in [-0.15, -0.1) is 0 Å². The molecule has 1 N–H and O–H groups in total. The van der Waals surface area contributed by atoms with Gasteiger partial charge in [-0.1, -0.05) is 26.7 Å². The summed E-state index contributed by atoms with van der Waals surface area (Å²) in [6, 6.07) is 0. The fourth-order valence-electron chi connectivity index (χ4n) is 2.52. The van der Waals surface area contributed by atoms with Crippen molar-refractivity contribution in [2.24, 2.45) is 11.3 Å². The maximum Gasteiger partial charge on any atom is 0.0101 e. The monoisotopic (exact) mass is 212 g/mol. The number of nitrogens with zero attached hydrogens (tertiary/aromatic N) is 1. The van der Waals surface area contributed by atoms with Crippen LogP contribution in [0.15, 0.2) is 0 Å². The van der Waals surface area contributed by atoms with Gasteiger partial charge in [0.05, 0.1) is 0 Å². The highest BCUT2D eigenvalue weighted by Gasteiger charge is 2.31. The predicted molar refractivity (Wildman–Crippen MR) is 67.2 cm³/mol. The van der Waals surface area contributed by atoms with Gasteiger partial charge in [-0.2, -0.15) is 0 Å². The lowest BCUT2D eigenvalue weighted by molar-refractivity contribution is 0.135. The van der Waals surface area contributed by atoms with Crippen molar-refractivity contribution in [1.82, 2.24) is 10.2 Å². The zero-order valence-electron chi connectivity index (χ0n) is 11.0. The van der Waals surface area contributed by atoms with Gasteiger partial charge in [0.15, 0.2) is 0 Å². The summed E-state index contributed by atoms with van der Waals surface area (Å²) >= 11 is 0. The molecule has 2 heteroatoms. The van der Waals surface area contributed by atoms with E-state index in [1.165, 1.54) is 32.2 Å². The minimum absolute atomic E-state index is 0.559. The second kappa shape index (κ2) is 5.86. The van der Waals surface area contributed by atoms with Crippen LogP contribution in [0.5, 0.6) is 0 Å². The molecule has 1 saturated carbocycles. The molecule has 1 aliphatic rings. The van der Waals surface area contributed by atoms with E-state index in [4.69, 9.17) is 0 Å². The van der Waals surface area contributed by atoms with Gasteiger partial charge in [-0.3, -0.25) is 0 Å². The molecule has 1 rings (SSSR count). The third-order valence-electron chi connectivity index (χ3n) is 3.86. The normalized spacial score (nSPS) is 25.8. The van der Waals surface area contributed by atoms with Crippen LogP contribution in [0.25, 0.3) is 0 Å². The molecule has 2 nitrogen and oxygen atoms in total. The van der Waals surface area contributed by atoms with Crippen LogP contribution in [0.3, 0.4) is 0 Å². The number of hydrogen-bond donors (Lipinski definition) is 1. The van der Waals surface area contributed by atoms with Crippen molar-refractivity contribution in [3.8, 4) is 0 Å². The molecule has 1 atom stereocenters. The van der Waals surface area contributed by atoms with Gasteiger partial charge >= 0.3 is 0 Å². The quantitative estimate of drug-likeness (QED) is 0.704. The van der Waals surface area contributed by atoms with Crippen LogP contribution in [0.1, 0.15) is 39.5 Å². The standard InChI is InChI=1S/C13H28N2/c1-13(2)8-6-5-7-12(13)11-14-9-10-15(3)4/h12,14H,5-11H2,1-4H3. The Labute approximate surface area is 95.4 Å². The van der Waals surface area contributed by atoms with Crippen LogP contribution in [0, 0.1) is 11.3 Å². The molecule has 0 spiro atoms. The smallest absolute Gasteiger partial charge is 0.0101 e. The molecule has 1 fully saturated rings.